The number of nitrogens with two attached hydrogens (primary N) is 1. The van der Waals surface area contributed by atoms with Gasteiger partial charge < -0.3 is 11.1 Å². The number of amides is 1. The van der Waals surface area contributed by atoms with Crippen LogP contribution in [0.1, 0.15) is 51.6 Å². The van der Waals surface area contributed by atoms with Crippen molar-refractivity contribution in [2.45, 2.75) is 31.5 Å². The monoisotopic (exact) mass is 586 g/mol. The van der Waals surface area contributed by atoms with Crippen LogP contribution in [-0.2, 0) is 12.7 Å². The number of likely N-dealkylation sites (tertiary alicyclic amines) is 1. The molecule has 2 aromatic heterocycles. The molecule has 0 spiro atoms. The third-order valence-corrected chi connectivity index (χ3v) is 6.83. The molecule has 0 unspecified atom stereocenters. The molecule has 0 saturated carbocycles. The molecule has 1 aliphatic rings. The number of hydrogen-bond donors (Lipinski definition) is 2. The van der Waals surface area contributed by atoms with Gasteiger partial charge in [0.25, 0.3) is 5.91 Å². The van der Waals surface area contributed by atoms with Gasteiger partial charge in [-0.05, 0) is 61.3 Å². The fraction of sp³-hybridized carbons (Fsp3) is 0.241. The lowest BCUT2D eigenvalue weighted by Gasteiger charge is -2.32. The number of hydrogen-bond acceptors (Lipinski definition) is 6. The van der Waals surface area contributed by atoms with E-state index in [9.17, 15) is 22.4 Å². The topological polar surface area (TPSA) is 96.5 Å². The highest BCUT2D eigenvalue weighted by Crippen LogP contribution is 2.36. The first-order chi connectivity index (χ1) is 19.5. The normalized spacial score (nSPS) is 15.3. The van der Waals surface area contributed by atoms with Crippen molar-refractivity contribution in [3.63, 3.8) is 0 Å². The van der Waals surface area contributed by atoms with E-state index >= 15 is 0 Å². The van der Waals surface area contributed by atoms with Gasteiger partial charge in [0.1, 0.15) is 10.8 Å². The molecule has 3 N–H and O–H groups in total. The van der Waals surface area contributed by atoms with E-state index in [-0.39, 0.29) is 28.0 Å². The number of carbonyl (C=O) groups is 1. The van der Waals surface area contributed by atoms with Gasteiger partial charge in [0.15, 0.2) is 5.83 Å². The zero-order valence-electron chi connectivity index (χ0n) is 21.8. The number of benzene rings is 1. The Morgan fingerprint density at radius 3 is 2.49 bits per heavy atom. The lowest BCUT2D eigenvalue weighted by atomic mass is 9.91. The van der Waals surface area contributed by atoms with Crippen LogP contribution in [0, 0.1) is 0 Å². The fourth-order valence-electron chi connectivity index (χ4n) is 4.47. The van der Waals surface area contributed by atoms with Gasteiger partial charge in [0, 0.05) is 30.4 Å². The fourth-order valence-corrected chi connectivity index (χ4v) is 4.64. The molecule has 1 aliphatic heterocycles. The SMILES string of the molecule is C=C(/N=C\C(F)=C/N)c1ccc(CN2CCC(c3nc(C(F)(F)F)ccc3NC(=O)c3ccnc(Cl)c3)CC2)cc1. The largest absolute Gasteiger partial charge is 0.433 e. The molecular formula is C29H27ClF4N6O. The van der Waals surface area contributed by atoms with Crippen LogP contribution >= 0.6 is 11.6 Å². The number of aromatic nitrogens is 2. The van der Waals surface area contributed by atoms with Gasteiger partial charge in [-0.3, -0.25) is 14.7 Å². The van der Waals surface area contributed by atoms with E-state index in [1.54, 1.807) is 0 Å². The van der Waals surface area contributed by atoms with Gasteiger partial charge in [0.05, 0.1) is 23.3 Å². The molecule has 1 aromatic carbocycles. The summed E-state index contributed by atoms with van der Waals surface area (Å²) in [5.74, 6) is -1.47. The Morgan fingerprint density at radius 2 is 1.85 bits per heavy atom. The minimum atomic E-state index is -4.62. The van der Waals surface area contributed by atoms with Crippen LogP contribution in [0.3, 0.4) is 0 Å². The van der Waals surface area contributed by atoms with E-state index < -0.39 is 23.6 Å². The van der Waals surface area contributed by atoms with Gasteiger partial charge in [-0.2, -0.15) is 13.2 Å². The van der Waals surface area contributed by atoms with Crippen LogP contribution in [0.5, 0.6) is 0 Å². The van der Waals surface area contributed by atoms with Crippen molar-refractivity contribution in [2.24, 2.45) is 10.7 Å². The summed E-state index contributed by atoms with van der Waals surface area (Å²) in [5, 5.41) is 2.82. The number of pyridine rings is 2. The maximum Gasteiger partial charge on any atom is 0.433 e. The van der Waals surface area contributed by atoms with Crippen molar-refractivity contribution in [1.29, 1.82) is 0 Å². The van der Waals surface area contributed by atoms with Crippen molar-refractivity contribution >= 4 is 35.1 Å². The molecule has 0 aliphatic carbocycles. The number of carbonyl (C=O) groups excluding carboxylic acids is 1. The number of nitrogens with one attached hydrogen (secondary N) is 1. The molecule has 7 nitrogen and oxygen atoms in total. The summed E-state index contributed by atoms with van der Waals surface area (Å²) in [5.41, 5.74) is 6.89. The average molecular weight is 587 g/mol. The van der Waals surface area contributed by atoms with Gasteiger partial charge in [-0.1, -0.05) is 42.4 Å². The smallest absolute Gasteiger partial charge is 0.402 e. The second kappa shape index (κ2) is 13.0. The first-order valence-electron chi connectivity index (χ1n) is 12.7. The number of rotatable bonds is 8. The Hall–Kier alpha value is -4.09. The van der Waals surface area contributed by atoms with Crippen molar-refractivity contribution in [3.8, 4) is 0 Å². The number of halogens is 5. The quantitative estimate of drug-likeness (QED) is 0.176. The lowest BCUT2D eigenvalue weighted by Crippen LogP contribution is -2.33. The standard InChI is InChI=1S/C29H27ClF4N6O/c1-18(37-16-23(31)15-35)20-4-2-19(3-5-20)17-40-12-9-21(10-13-40)27-24(6-7-25(39-27)29(32,33)34)38-28(41)22-8-11-36-26(30)14-22/h2-8,11,14-16,21H,1,9-10,12-13,17,35H2,(H,38,41)/b23-15+,37-16-. The molecule has 214 valence electrons. The van der Waals surface area contributed by atoms with E-state index in [0.717, 1.165) is 29.6 Å². The van der Waals surface area contributed by atoms with Crippen LogP contribution in [0.15, 0.2) is 78.3 Å². The molecule has 41 heavy (non-hydrogen) atoms. The van der Waals surface area contributed by atoms with Crippen molar-refractivity contribution in [3.05, 3.63) is 107 Å². The maximum atomic E-state index is 13.5. The predicted molar refractivity (Wildman–Crippen MR) is 151 cm³/mol. The van der Waals surface area contributed by atoms with Crippen LogP contribution in [0.25, 0.3) is 5.70 Å². The lowest BCUT2D eigenvalue weighted by molar-refractivity contribution is -0.141. The van der Waals surface area contributed by atoms with Crippen LogP contribution in [-0.4, -0.2) is 40.1 Å². The van der Waals surface area contributed by atoms with E-state index in [1.165, 1.54) is 24.4 Å². The molecule has 3 heterocycles. The number of allylic oxidation sites excluding steroid dienone is 1. The maximum absolute atomic E-state index is 13.5. The summed E-state index contributed by atoms with van der Waals surface area (Å²) in [7, 11) is 0. The van der Waals surface area contributed by atoms with Crippen LogP contribution < -0.4 is 11.1 Å². The Balaban J connectivity index is 1.43. The number of anilines is 1. The van der Waals surface area contributed by atoms with Crippen LogP contribution in [0.4, 0.5) is 23.2 Å². The van der Waals surface area contributed by atoms with Gasteiger partial charge in [-0.15, -0.1) is 0 Å². The van der Waals surface area contributed by atoms with E-state index in [0.29, 0.717) is 38.2 Å². The highest BCUT2D eigenvalue weighted by Gasteiger charge is 2.34. The molecule has 0 radical (unpaired) electrons. The molecule has 1 fully saturated rings. The number of aliphatic imine (C=N–C) groups is 1. The summed E-state index contributed by atoms with van der Waals surface area (Å²) < 4.78 is 53.7. The minimum Gasteiger partial charge on any atom is -0.402 e. The Morgan fingerprint density at radius 1 is 1.15 bits per heavy atom. The first-order valence-corrected chi connectivity index (χ1v) is 13.0. The third-order valence-electron chi connectivity index (χ3n) is 6.62. The predicted octanol–water partition coefficient (Wildman–Crippen LogP) is 6.59. The number of alkyl halides is 3. The summed E-state index contributed by atoms with van der Waals surface area (Å²) in [6.07, 6.45) is -0.328. The van der Waals surface area contributed by atoms with Crippen LogP contribution in [0.2, 0.25) is 5.15 Å². The first kappa shape index (κ1) is 29.9. The van der Waals surface area contributed by atoms with Gasteiger partial charge in [0.2, 0.25) is 0 Å². The highest BCUT2D eigenvalue weighted by atomic mass is 35.5. The molecule has 0 atom stereocenters. The zero-order valence-corrected chi connectivity index (χ0v) is 22.6. The molecule has 4 rings (SSSR count). The zero-order chi connectivity index (χ0) is 29.6. The second-order valence-corrected chi connectivity index (χ2v) is 9.84. The molecule has 12 heteroatoms. The van der Waals surface area contributed by atoms with Crippen molar-refractivity contribution in [2.75, 3.05) is 18.4 Å². The summed E-state index contributed by atoms with van der Waals surface area (Å²) >= 11 is 5.88. The Kier molecular flexibility index (Phi) is 9.51. The molecular weight excluding hydrogens is 560 g/mol. The molecule has 0 bridgehead atoms. The highest BCUT2D eigenvalue weighted by molar-refractivity contribution is 6.29. The number of nitrogens with zero attached hydrogens (tertiary/aromatic N) is 4. The van der Waals surface area contributed by atoms with E-state index in [2.05, 4.69) is 31.8 Å². The Labute approximate surface area is 239 Å². The van der Waals surface area contributed by atoms with Crippen molar-refractivity contribution < 1.29 is 22.4 Å². The molecule has 1 amide bonds. The minimum absolute atomic E-state index is 0.124. The second-order valence-electron chi connectivity index (χ2n) is 9.45. The Bertz CT molecular complexity index is 1460. The molecule has 3 aromatic rings. The molecule has 1 saturated heterocycles. The number of piperidine rings is 1. The van der Waals surface area contributed by atoms with Crippen molar-refractivity contribution in [1.82, 2.24) is 14.9 Å². The van der Waals surface area contributed by atoms with E-state index in [4.69, 9.17) is 17.3 Å². The average Bonchev–Trinajstić information content (AvgIpc) is 2.96. The summed E-state index contributed by atoms with van der Waals surface area (Å²) in [4.78, 5) is 26.7. The summed E-state index contributed by atoms with van der Waals surface area (Å²) in [6, 6.07) is 12.5. The van der Waals surface area contributed by atoms with Gasteiger partial charge >= 0.3 is 6.18 Å². The van der Waals surface area contributed by atoms with Gasteiger partial charge in [-0.25, -0.2) is 14.4 Å². The summed E-state index contributed by atoms with van der Waals surface area (Å²) in [6.45, 7) is 5.71. The van der Waals surface area contributed by atoms with E-state index in [1.807, 2.05) is 24.3 Å². The third kappa shape index (κ3) is 7.99.